The lowest BCUT2D eigenvalue weighted by Gasteiger charge is -2.33. The fourth-order valence-corrected chi connectivity index (χ4v) is 5.92. The molecule has 0 unspecified atom stereocenters. The summed E-state index contributed by atoms with van der Waals surface area (Å²) >= 11 is 0. The van der Waals surface area contributed by atoms with Crippen molar-refractivity contribution < 1.29 is 33.2 Å². The van der Waals surface area contributed by atoms with Crippen LogP contribution in [0.4, 0.5) is 0 Å². The molecule has 2 aromatic carbocycles. The van der Waals surface area contributed by atoms with Crippen LogP contribution in [0.25, 0.3) is 0 Å². The summed E-state index contributed by atoms with van der Waals surface area (Å²) in [6.07, 6.45) is 0.107. The van der Waals surface area contributed by atoms with E-state index in [0.717, 1.165) is 5.56 Å². The van der Waals surface area contributed by atoms with E-state index in [-0.39, 0.29) is 24.4 Å². The van der Waals surface area contributed by atoms with E-state index in [4.69, 9.17) is 4.42 Å². The second-order valence-corrected chi connectivity index (χ2v) is 13.4. The highest BCUT2D eigenvalue weighted by molar-refractivity contribution is 5.99. The average molecular weight is 701 g/mol. The number of likely N-dealkylation sites (N-methyl/N-ethyl adjacent to an activating group) is 1. The lowest BCUT2D eigenvalue weighted by Crippen LogP contribution is -2.59. The third-order valence-corrected chi connectivity index (χ3v) is 9.04. The molecule has 0 bridgehead atoms. The van der Waals surface area contributed by atoms with Crippen LogP contribution >= 0.6 is 0 Å². The molecule has 13 heteroatoms. The molecule has 1 aromatic heterocycles. The van der Waals surface area contributed by atoms with Crippen molar-refractivity contribution in [1.82, 2.24) is 31.1 Å². The predicted octanol–water partition coefficient (Wildman–Crippen LogP) is 2.43. The molecule has 1 aliphatic rings. The van der Waals surface area contributed by atoms with Gasteiger partial charge in [0.2, 0.25) is 29.5 Å². The number of carbonyl (C=O) groups is 6. The van der Waals surface area contributed by atoms with Crippen LogP contribution in [-0.4, -0.2) is 89.5 Å². The van der Waals surface area contributed by atoms with Gasteiger partial charge in [-0.25, -0.2) is 0 Å². The Morgan fingerprint density at radius 2 is 1.47 bits per heavy atom. The molecular weight excluding hydrogens is 652 g/mol. The molecule has 1 saturated heterocycles. The van der Waals surface area contributed by atoms with Gasteiger partial charge in [0.15, 0.2) is 0 Å². The van der Waals surface area contributed by atoms with Crippen molar-refractivity contribution in [1.29, 1.82) is 0 Å². The lowest BCUT2D eigenvalue weighted by molar-refractivity contribution is -0.142. The number of benzene rings is 2. The van der Waals surface area contributed by atoms with E-state index in [1.807, 2.05) is 36.4 Å². The summed E-state index contributed by atoms with van der Waals surface area (Å²) in [5.41, 5.74) is 1.66. The third kappa shape index (κ3) is 9.83. The van der Waals surface area contributed by atoms with Gasteiger partial charge in [0.1, 0.15) is 35.7 Å². The van der Waals surface area contributed by atoms with Crippen molar-refractivity contribution in [3.05, 3.63) is 94.9 Å². The van der Waals surface area contributed by atoms with Gasteiger partial charge in [0, 0.05) is 20.0 Å². The number of rotatable bonds is 5. The van der Waals surface area contributed by atoms with E-state index in [0.29, 0.717) is 17.1 Å². The Bertz CT molecular complexity index is 1720. The van der Waals surface area contributed by atoms with Crippen LogP contribution < -0.4 is 21.3 Å². The Balaban J connectivity index is 1.79. The van der Waals surface area contributed by atoms with Gasteiger partial charge in [-0.15, -0.1) is 0 Å². The molecule has 272 valence electrons. The maximum Gasteiger partial charge on any atom is 0.257 e. The Kier molecular flexibility index (Phi) is 12.8. The molecule has 0 radical (unpaired) electrons. The van der Waals surface area contributed by atoms with Crippen molar-refractivity contribution in [2.24, 2.45) is 5.92 Å². The van der Waals surface area contributed by atoms with E-state index < -0.39 is 72.2 Å². The molecule has 13 nitrogen and oxygen atoms in total. The average Bonchev–Trinajstić information content (AvgIpc) is 3.45. The standard InChI is InChI=1S/C38H48N6O7/c1-22(2)33-36(48)39-24(4)34(46)41-31(28-16-12-9-13-17-28)20-44(37(49)29-18-23(3)51-26(29)6)21-32(45)40-30(19-27-14-10-8-11-15-27)38(50)43(7)25(5)35(47)42-33/h8-18,22,24-25,30-31,33H,19-21H2,1-7H3,(H,39,48)(H,40,45)(H,41,46)(H,42,47)/t24-,25-,30-,31-,33+/m0/s1. The second-order valence-electron chi connectivity index (χ2n) is 13.4. The fraction of sp³-hybridized carbons (Fsp3) is 0.421. The van der Waals surface area contributed by atoms with Gasteiger partial charge in [0.25, 0.3) is 5.91 Å². The van der Waals surface area contributed by atoms with Gasteiger partial charge in [0.05, 0.1) is 18.2 Å². The van der Waals surface area contributed by atoms with Gasteiger partial charge < -0.3 is 35.5 Å². The van der Waals surface area contributed by atoms with Crippen LogP contribution in [0.1, 0.15) is 66.7 Å². The van der Waals surface area contributed by atoms with Crippen LogP contribution in [0.15, 0.2) is 71.1 Å². The molecule has 2 heterocycles. The highest BCUT2D eigenvalue weighted by atomic mass is 16.3. The Labute approximate surface area is 298 Å². The zero-order valence-electron chi connectivity index (χ0n) is 30.2. The first kappa shape index (κ1) is 38.3. The Hall–Kier alpha value is -5.46. The molecule has 0 saturated carbocycles. The number of furan rings is 1. The quantitative estimate of drug-likeness (QED) is 0.317. The number of carbonyl (C=O) groups excluding carboxylic acids is 6. The third-order valence-electron chi connectivity index (χ3n) is 9.04. The molecule has 1 fully saturated rings. The van der Waals surface area contributed by atoms with Gasteiger partial charge >= 0.3 is 0 Å². The van der Waals surface area contributed by atoms with Crippen molar-refractivity contribution in [2.45, 2.75) is 78.2 Å². The smallest absolute Gasteiger partial charge is 0.257 e. The van der Waals surface area contributed by atoms with Crippen molar-refractivity contribution in [2.75, 3.05) is 20.1 Å². The summed E-state index contributed by atoms with van der Waals surface area (Å²) in [4.78, 5) is 85.2. The van der Waals surface area contributed by atoms with Crippen LogP contribution in [0.5, 0.6) is 0 Å². The highest BCUT2D eigenvalue weighted by Gasteiger charge is 2.35. The summed E-state index contributed by atoms with van der Waals surface area (Å²) in [6.45, 7) is 9.31. The number of amides is 6. The zero-order chi connectivity index (χ0) is 37.4. The van der Waals surface area contributed by atoms with Gasteiger partial charge in [-0.05, 0) is 50.8 Å². The van der Waals surface area contributed by atoms with Crippen LogP contribution in [0.3, 0.4) is 0 Å². The topological polar surface area (TPSA) is 170 Å². The van der Waals surface area contributed by atoms with Crippen LogP contribution in [-0.2, 0) is 30.4 Å². The minimum atomic E-state index is -1.11. The molecule has 5 atom stereocenters. The number of nitrogens with zero attached hydrogens (tertiary/aromatic N) is 2. The van der Waals surface area contributed by atoms with E-state index in [2.05, 4.69) is 21.3 Å². The highest BCUT2D eigenvalue weighted by Crippen LogP contribution is 2.21. The van der Waals surface area contributed by atoms with Gasteiger partial charge in [-0.3, -0.25) is 28.8 Å². The maximum atomic E-state index is 14.1. The number of aryl methyl sites for hydroxylation is 2. The van der Waals surface area contributed by atoms with Crippen molar-refractivity contribution in [3.63, 3.8) is 0 Å². The molecular formula is C38H48N6O7. The van der Waals surface area contributed by atoms with Crippen LogP contribution in [0.2, 0.25) is 0 Å². The predicted molar refractivity (Wildman–Crippen MR) is 190 cm³/mol. The fourth-order valence-electron chi connectivity index (χ4n) is 5.92. The van der Waals surface area contributed by atoms with E-state index in [1.165, 1.54) is 30.7 Å². The minimum absolute atomic E-state index is 0.107. The minimum Gasteiger partial charge on any atom is -0.466 e. The molecule has 4 rings (SSSR count). The summed E-state index contributed by atoms with van der Waals surface area (Å²) in [5.74, 6) is -2.87. The van der Waals surface area contributed by atoms with E-state index in [9.17, 15) is 28.8 Å². The van der Waals surface area contributed by atoms with Crippen molar-refractivity contribution >= 4 is 35.4 Å². The Morgan fingerprint density at radius 1 is 0.843 bits per heavy atom. The summed E-state index contributed by atoms with van der Waals surface area (Å²) in [7, 11) is 1.45. The number of hydrogen-bond donors (Lipinski definition) is 4. The molecule has 0 spiro atoms. The molecule has 6 amide bonds. The molecule has 3 aromatic rings. The van der Waals surface area contributed by atoms with E-state index >= 15 is 0 Å². The molecule has 0 aliphatic carbocycles. The largest absolute Gasteiger partial charge is 0.466 e. The van der Waals surface area contributed by atoms with Crippen LogP contribution in [0, 0.1) is 19.8 Å². The summed E-state index contributed by atoms with van der Waals surface area (Å²) in [6, 6.07) is 14.6. The summed E-state index contributed by atoms with van der Waals surface area (Å²) < 4.78 is 5.63. The first-order chi connectivity index (χ1) is 24.2. The molecule has 4 N–H and O–H groups in total. The van der Waals surface area contributed by atoms with E-state index in [1.54, 1.807) is 58.0 Å². The number of nitrogens with one attached hydrogen (secondary N) is 4. The number of hydrogen-bond acceptors (Lipinski definition) is 7. The maximum absolute atomic E-state index is 14.1. The first-order valence-electron chi connectivity index (χ1n) is 17.1. The summed E-state index contributed by atoms with van der Waals surface area (Å²) in [5, 5.41) is 11.2. The monoisotopic (exact) mass is 700 g/mol. The van der Waals surface area contributed by atoms with Crippen molar-refractivity contribution in [3.8, 4) is 0 Å². The normalized spacial score (nSPS) is 23.1. The van der Waals surface area contributed by atoms with Gasteiger partial charge in [-0.1, -0.05) is 74.5 Å². The zero-order valence-corrected chi connectivity index (χ0v) is 30.2. The SMILES string of the molecule is Cc1cc(C(=O)N2CC(=O)N[C@@H](Cc3ccccc3)C(=O)N(C)[C@@H](C)C(=O)N[C@H](C(C)C)C(=O)N[C@@H](C)C(=O)N[C@H](c3ccccc3)C2)c(C)o1. The second kappa shape index (κ2) is 17.0. The Morgan fingerprint density at radius 3 is 2.06 bits per heavy atom. The first-order valence-corrected chi connectivity index (χ1v) is 17.1. The van der Waals surface area contributed by atoms with Gasteiger partial charge in [-0.2, -0.15) is 0 Å². The molecule has 51 heavy (non-hydrogen) atoms. The lowest BCUT2D eigenvalue weighted by atomic mass is 10.0. The molecule has 1 aliphatic heterocycles.